The van der Waals surface area contributed by atoms with E-state index in [-0.39, 0.29) is 23.4 Å². The van der Waals surface area contributed by atoms with E-state index >= 15 is 0 Å². The van der Waals surface area contributed by atoms with E-state index in [1.807, 2.05) is 0 Å². The first kappa shape index (κ1) is 19.0. The van der Waals surface area contributed by atoms with Crippen LogP contribution >= 0.6 is 0 Å². The van der Waals surface area contributed by atoms with E-state index in [1.54, 1.807) is 0 Å². The van der Waals surface area contributed by atoms with Crippen molar-refractivity contribution < 1.29 is 23.1 Å². The molecule has 3 N–H and O–H groups in total. The molecule has 1 aromatic rings. The lowest BCUT2D eigenvalue weighted by atomic mass is 9.92. The van der Waals surface area contributed by atoms with Gasteiger partial charge in [-0.1, -0.05) is 18.8 Å². The normalized spacial score (nSPS) is 16.1. The summed E-state index contributed by atoms with van der Waals surface area (Å²) in [6, 6.07) is 5.41. The molecule has 1 aliphatic carbocycles. The number of benzene rings is 1. The minimum absolute atomic E-state index is 0.000385. The minimum Gasteiger partial charge on any atom is -0.481 e. The van der Waals surface area contributed by atoms with Gasteiger partial charge in [0.2, 0.25) is 10.0 Å². The van der Waals surface area contributed by atoms with Gasteiger partial charge in [-0.05, 0) is 37.1 Å². The van der Waals surface area contributed by atoms with E-state index in [1.165, 1.54) is 24.3 Å². The van der Waals surface area contributed by atoms with E-state index in [0.29, 0.717) is 12.8 Å². The van der Waals surface area contributed by atoms with Crippen LogP contribution in [0.15, 0.2) is 29.2 Å². The number of terminal acetylenes is 1. The van der Waals surface area contributed by atoms with Crippen molar-refractivity contribution in [3.8, 4) is 12.3 Å². The van der Waals surface area contributed by atoms with E-state index in [0.717, 1.165) is 12.8 Å². The molecule has 0 aromatic heterocycles. The minimum atomic E-state index is -3.72. The quantitative estimate of drug-likeness (QED) is 0.628. The summed E-state index contributed by atoms with van der Waals surface area (Å²) >= 11 is 0. The smallest absolute Gasteiger partial charge is 0.305 e. The molecular weight excluding hydrogens is 344 g/mol. The number of carbonyl (C=O) groups is 2. The highest BCUT2D eigenvalue weighted by molar-refractivity contribution is 7.89. The summed E-state index contributed by atoms with van der Waals surface area (Å²) < 4.78 is 26.1. The van der Waals surface area contributed by atoms with Crippen molar-refractivity contribution >= 4 is 21.9 Å². The van der Waals surface area contributed by atoms with Crippen molar-refractivity contribution in [1.82, 2.24) is 10.0 Å². The van der Waals surface area contributed by atoms with Crippen molar-refractivity contribution in [3.63, 3.8) is 0 Å². The Balaban J connectivity index is 2.12. The van der Waals surface area contributed by atoms with Crippen LogP contribution in [0.3, 0.4) is 0 Å². The van der Waals surface area contributed by atoms with Gasteiger partial charge in [0.25, 0.3) is 5.91 Å². The zero-order chi connectivity index (χ0) is 18.5. The number of carboxylic acids is 1. The summed E-state index contributed by atoms with van der Waals surface area (Å²) in [7, 11) is -3.72. The SMILES string of the molecule is C#CCNS(=O)(=O)c1ccc(C(=O)NC2(CC(=O)O)CCCC2)cc1. The summed E-state index contributed by atoms with van der Waals surface area (Å²) in [5, 5.41) is 11.9. The Morgan fingerprint density at radius 3 is 2.32 bits per heavy atom. The highest BCUT2D eigenvalue weighted by Crippen LogP contribution is 2.33. The Kier molecular flexibility index (Phi) is 5.82. The second kappa shape index (κ2) is 7.68. The van der Waals surface area contributed by atoms with Gasteiger partial charge in [0.05, 0.1) is 23.4 Å². The second-order valence-electron chi connectivity index (χ2n) is 6.07. The molecule has 0 unspecified atom stereocenters. The molecule has 1 aliphatic rings. The monoisotopic (exact) mass is 364 g/mol. The molecule has 8 heteroatoms. The zero-order valence-electron chi connectivity index (χ0n) is 13.6. The largest absolute Gasteiger partial charge is 0.481 e. The van der Waals surface area contributed by atoms with Crippen LogP contribution < -0.4 is 10.0 Å². The number of hydrogen-bond donors (Lipinski definition) is 3. The molecule has 0 atom stereocenters. The summed E-state index contributed by atoms with van der Waals surface area (Å²) in [4.78, 5) is 23.5. The maximum atomic E-state index is 12.4. The first-order valence-corrected chi connectivity index (χ1v) is 9.34. The molecule has 0 saturated heterocycles. The zero-order valence-corrected chi connectivity index (χ0v) is 14.4. The Morgan fingerprint density at radius 1 is 1.20 bits per heavy atom. The van der Waals surface area contributed by atoms with Crippen LogP contribution in [-0.4, -0.2) is 37.5 Å². The summed E-state index contributed by atoms with van der Waals surface area (Å²) in [5.41, 5.74) is -0.463. The second-order valence-corrected chi connectivity index (χ2v) is 7.83. The number of nitrogens with one attached hydrogen (secondary N) is 2. The molecule has 0 radical (unpaired) electrons. The number of rotatable bonds is 7. The lowest BCUT2D eigenvalue weighted by Gasteiger charge is -2.28. The van der Waals surface area contributed by atoms with Gasteiger partial charge in [0.1, 0.15) is 0 Å². The van der Waals surface area contributed by atoms with Crippen molar-refractivity contribution in [2.45, 2.75) is 42.5 Å². The lowest BCUT2D eigenvalue weighted by Crippen LogP contribution is -2.47. The molecule has 1 amide bonds. The van der Waals surface area contributed by atoms with Crippen molar-refractivity contribution in [2.24, 2.45) is 0 Å². The molecule has 0 spiro atoms. The maximum absolute atomic E-state index is 12.4. The van der Waals surface area contributed by atoms with Crippen LogP contribution in [0.4, 0.5) is 0 Å². The van der Waals surface area contributed by atoms with E-state index in [2.05, 4.69) is 16.0 Å². The molecule has 25 heavy (non-hydrogen) atoms. The Labute approximate surface area is 146 Å². The molecular formula is C17H20N2O5S. The molecule has 1 aromatic carbocycles. The van der Waals surface area contributed by atoms with Crippen LogP contribution in [-0.2, 0) is 14.8 Å². The van der Waals surface area contributed by atoms with E-state index in [9.17, 15) is 18.0 Å². The van der Waals surface area contributed by atoms with Gasteiger partial charge in [-0.3, -0.25) is 9.59 Å². The molecule has 134 valence electrons. The van der Waals surface area contributed by atoms with Gasteiger partial charge in [0, 0.05) is 5.56 Å². The molecule has 0 aliphatic heterocycles. The van der Waals surface area contributed by atoms with Crippen LogP contribution in [0, 0.1) is 12.3 Å². The standard InChI is InChI=1S/C17H20N2O5S/c1-2-11-18-25(23,24)14-7-5-13(6-8-14)16(22)19-17(12-15(20)21)9-3-4-10-17/h1,5-8,18H,3-4,9-12H2,(H,19,22)(H,20,21). The number of aliphatic carboxylic acids is 1. The number of carboxylic acid groups (broad SMARTS) is 1. The Hall–Kier alpha value is -2.37. The summed E-state index contributed by atoms with van der Waals surface area (Å²) in [6.45, 7) is -0.123. The van der Waals surface area contributed by atoms with E-state index in [4.69, 9.17) is 11.5 Å². The van der Waals surface area contributed by atoms with Crippen LogP contribution in [0.2, 0.25) is 0 Å². The van der Waals surface area contributed by atoms with Crippen LogP contribution in [0.5, 0.6) is 0 Å². The predicted octanol–water partition coefficient (Wildman–Crippen LogP) is 1.12. The first-order valence-electron chi connectivity index (χ1n) is 7.85. The average Bonchev–Trinajstić information content (AvgIpc) is 3.00. The van der Waals surface area contributed by atoms with E-state index < -0.39 is 27.4 Å². The third-order valence-electron chi connectivity index (χ3n) is 4.22. The third kappa shape index (κ3) is 4.81. The average molecular weight is 364 g/mol. The molecule has 0 heterocycles. The number of carbonyl (C=O) groups excluding carboxylic acids is 1. The number of sulfonamides is 1. The Bertz CT molecular complexity index is 787. The van der Waals surface area contributed by atoms with Gasteiger partial charge < -0.3 is 10.4 Å². The van der Waals surface area contributed by atoms with Gasteiger partial charge >= 0.3 is 5.97 Å². The summed E-state index contributed by atoms with van der Waals surface area (Å²) in [6.07, 6.45) is 7.88. The molecule has 2 rings (SSSR count). The van der Waals surface area contributed by atoms with Crippen molar-refractivity contribution in [1.29, 1.82) is 0 Å². The molecule has 7 nitrogen and oxygen atoms in total. The lowest BCUT2D eigenvalue weighted by molar-refractivity contribution is -0.138. The van der Waals surface area contributed by atoms with Gasteiger partial charge in [-0.15, -0.1) is 6.42 Å². The van der Waals surface area contributed by atoms with Crippen LogP contribution in [0.1, 0.15) is 42.5 Å². The summed E-state index contributed by atoms with van der Waals surface area (Å²) in [5.74, 6) is 0.812. The van der Waals surface area contributed by atoms with Crippen molar-refractivity contribution in [2.75, 3.05) is 6.54 Å². The predicted molar refractivity (Wildman–Crippen MR) is 91.4 cm³/mol. The molecule has 1 fully saturated rings. The molecule has 0 bridgehead atoms. The highest BCUT2D eigenvalue weighted by Gasteiger charge is 2.37. The Morgan fingerprint density at radius 2 is 1.80 bits per heavy atom. The van der Waals surface area contributed by atoms with Crippen molar-refractivity contribution in [3.05, 3.63) is 29.8 Å². The fourth-order valence-corrected chi connectivity index (χ4v) is 3.94. The van der Waals surface area contributed by atoms with Gasteiger partial charge in [0.15, 0.2) is 0 Å². The number of amides is 1. The third-order valence-corrected chi connectivity index (χ3v) is 5.64. The first-order chi connectivity index (χ1) is 11.8. The van der Waals surface area contributed by atoms with Crippen LogP contribution in [0.25, 0.3) is 0 Å². The fourth-order valence-electron chi connectivity index (χ4n) is 3.01. The van der Waals surface area contributed by atoms with Gasteiger partial charge in [-0.25, -0.2) is 8.42 Å². The number of hydrogen-bond acceptors (Lipinski definition) is 4. The fraction of sp³-hybridized carbons (Fsp3) is 0.412. The van der Waals surface area contributed by atoms with Gasteiger partial charge in [-0.2, -0.15) is 4.72 Å². The topological polar surface area (TPSA) is 113 Å². The maximum Gasteiger partial charge on any atom is 0.305 e. The highest BCUT2D eigenvalue weighted by atomic mass is 32.2. The molecule has 1 saturated carbocycles.